The Bertz CT molecular complexity index is 1300. The summed E-state index contributed by atoms with van der Waals surface area (Å²) in [6, 6.07) is 8.55. The fourth-order valence-corrected chi connectivity index (χ4v) is 4.56. The van der Waals surface area contributed by atoms with Crippen LogP contribution < -0.4 is 11.1 Å². The first-order valence-corrected chi connectivity index (χ1v) is 11.5. The molecule has 34 heavy (non-hydrogen) atoms. The minimum absolute atomic E-state index is 0.0566. The Morgan fingerprint density at radius 3 is 2.76 bits per heavy atom. The minimum Gasteiger partial charge on any atom is -0.382 e. The zero-order valence-electron chi connectivity index (χ0n) is 19.3. The lowest BCUT2D eigenvalue weighted by Gasteiger charge is -2.27. The van der Waals surface area contributed by atoms with Crippen molar-refractivity contribution in [3.63, 3.8) is 0 Å². The molecule has 174 valence electrons. The van der Waals surface area contributed by atoms with Crippen LogP contribution in [0.2, 0.25) is 0 Å². The van der Waals surface area contributed by atoms with Crippen LogP contribution in [0.4, 0.5) is 15.9 Å². The summed E-state index contributed by atoms with van der Waals surface area (Å²) < 4.78 is 16.0. The highest BCUT2D eigenvalue weighted by atomic mass is 19.1. The lowest BCUT2D eigenvalue weighted by atomic mass is 9.85. The number of hydrogen-bond acceptors (Lipinski definition) is 6. The van der Waals surface area contributed by atoms with Crippen molar-refractivity contribution in [3.8, 4) is 11.5 Å². The predicted molar refractivity (Wildman–Crippen MR) is 133 cm³/mol. The third-order valence-electron chi connectivity index (χ3n) is 6.73. The highest BCUT2D eigenvalue weighted by Crippen LogP contribution is 2.43. The van der Waals surface area contributed by atoms with Crippen molar-refractivity contribution < 1.29 is 4.39 Å². The molecule has 0 amide bonds. The predicted octanol–water partition coefficient (Wildman–Crippen LogP) is 4.97. The molecule has 1 aliphatic heterocycles. The molecule has 7 nitrogen and oxygen atoms in total. The number of rotatable bonds is 7. The third-order valence-corrected chi connectivity index (χ3v) is 6.73. The van der Waals surface area contributed by atoms with Crippen molar-refractivity contribution in [2.75, 3.05) is 17.6 Å². The molecule has 5 rings (SSSR count). The van der Waals surface area contributed by atoms with Crippen LogP contribution in [-0.4, -0.2) is 32.0 Å². The maximum absolute atomic E-state index is 14.3. The maximum atomic E-state index is 14.3. The lowest BCUT2D eigenvalue weighted by molar-refractivity contribution is 0.418. The van der Waals surface area contributed by atoms with Crippen LogP contribution in [0.3, 0.4) is 0 Å². The third kappa shape index (κ3) is 4.23. The standard InChI is InChI=1S/C26H28FN7/c1-17(26(2)11-5-6-12-26)31-22-15-30-25(32-24(22)28)21-14-23(20-10-7-13-29-20)34(33-21)16-18-8-3-4-9-19(18)27/h3-4,7-10,14-15,31H,1,5-6,11-13,16H2,2H3,(H2,28,30,32). The second-order valence-corrected chi connectivity index (χ2v) is 9.16. The molecular formula is C26H28FN7. The van der Waals surface area contributed by atoms with Crippen molar-refractivity contribution in [2.45, 2.75) is 39.2 Å². The Balaban J connectivity index is 1.44. The lowest BCUT2D eigenvalue weighted by Crippen LogP contribution is -2.20. The topological polar surface area (TPSA) is 94.0 Å². The number of benzene rings is 1. The molecule has 3 aromatic rings. The molecule has 3 N–H and O–H groups in total. The van der Waals surface area contributed by atoms with Gasteiger partial charge in [-0.3, -0.25) is 9.67 Å². The van der Waals surface area contributed by atoms with Gasteiger partial charge in [-0.1, -0.05) is 50.6 Å². The Kier molecular flexibility index (Phi) is 5.73. The first kappa shape index (κ1) is 22.0. The number of nitrogens with zero attached hydrogens (tertiary/aromatic N) is 5. The number of anilines is 2. The van der Waals surface area contributed by atoms with E-state index in [0.29, 0.717) is 35.1 Å². The van der Waals surface area contributed by atoms with Crippen LogP contribution in [0.5, 0.6) is 0 Å². The van der Waals surface area contributed by atoms with E-state index >= 15 is 0 Å². The SMILES string of the molecule is C=C(Nc1cnc(-c2cc(C3=NCC=C3)n(Cc3ccccc3F)n2)nc1N)C1(C)CCCC1. The van der Waals surface area contributed by atoms with Gasteiger partial charge in [-0.05, 0) is 31.1 Å². The molecule has 0 atom stereocenters. The molecule has 0 saturated heterocycles. The van der Waals surface area contributed by atoms with E-state index in [1.54, 1.807) is 23.0 Å². The first-order valence-electron chi connectivity index (χ1n) is 11.5. The van der Waals surface area contributed by atoms with E-state index in [4.69, 9.17) is 5.73 Å². The minimum atomic E-state index is -0.276. The largest absolute Gasteiger partial charge is 0.382 e. The zero-order chi connectivity index (χ0) is 23.7. The van der Waals surface area contributed by atoms with Crippen molar-refractivity contribution in [1.29, 1.82) is 0 Å². The first-order chi connectivity index (χ1) is 16.4. The van der Waals surface area contributed by atoms with Crippen molar-refractivity contribution in [1.82, 2.24) is 19.7 Å². The number of aliphatic imine (C=N–C) groups is 1. The van der Waals surface area contributed by atoms with Crippen LogP contribution in [0, 0.1) is 11.2 Å². The molecule has 1 fully saturated rings. The summed E-state index contributed by atoms with van der Waals surface area (Å²) in [7, 11) is 0. The molecule has 2 aromatic heterocycles. The summed E-state index contributed by atoms with van der Waals surface area (Å²) in [5.74, 6) is 0.453. The molecule has 0 bridgehead atoms. The maximum Gasteiger partial charge on any atom is 0.182 e. The summed E-state index contributed by atoms with van der Waals surface area (Å²) in [5, 5.41) is 8.02. The molecule has 2 aliphatic rings. The molecule has 1 aromatic carbocycles. The average Bonchev–Trinajstić information content (AvgIpc) is 3.58. The fraction of sp³-hybridized carbons (Fsp3) is 0.308. The summed E-state index contributed by atoms with van der Waals surface area (Å²) in [5.41, 5.74) is 10.6. The van der Waals surface area contributed by atoms with E-state index in [1.165, 1.54) is 18.9 Å². The Morgan fingerprint density at radius 1 is 1.26 bits per heavy atom. The van der Waals surface area contributed by atoms with E-state index in [1.807, 2.05) is 24.3 Å². The molecule has 1 aliphatic carbocycles. The van der Waals surface area contributed by atoms with Crippen molar-refractivity contribution in [2.24, 2.45) is 10.4 Å². The average molecular weight is 458 g/mol. The number of halogens is 1. The van der Waals surface area contributed by atoms with Crippen LogP contribution in [-0.2, 0) is 6.54 Å². The fourth-order valence-electron chi connectivity index (χ4n) is 4.56. The summed E-state index contributed by atoms with van der Waals surface area (Å²) in [6.07, 6.45) is 10.2. The molecule has 8 heteroatoms. The molecule has 0 spiro atoms. The van der Waals surface area contributed by atoms with Crippen LogP contribution >= 0.6 is 0 Å². The van der Waals surface area contributed by atoms with Crippen molar-refractivity contribution in [3.05, 3.63) is 78.0 Å². The quantitative estimate of drug-likeness (QED) is 0.522. The van der Waals surface area contributed by atoms with Gasteiger partial charge in [0.1, 0.15) is 11.5 Å². The normalized spacial score (nSPS) is 16.6. The smallest absolute Gasteiger partial charge is 0.182 e. The van der Waals surface area contributed by atoms with Crippen molar-refractivity contribution >= 4 is 17.2 Å². The molecule has 0 radical (unpaired) electrons. The summed E-state index contributed by atoms with van der Waals surface area (Å²) >= 11 is 0. The summed E-state index contributed by atoms with van der Waals surface area (Å²) in [6.45, 7) is 7.35. The van der Waals surface area contributed by atoms with Gasteiger partial charge in [0.25, 0.3) is 0 Å². The van der Waals surface area contributed by atoms with Gasteiger partial charge in [-0.25, -0.2) is 14.4 Å². The van der Waals surface area contributed by atoms with Gasteiger partial charge in [0, 0.05) is 16.7 Å². The summed E-state index contributed by atoms with van der Waals surface area (Å²) in [4.78, 5) is 13.5. The Labute approximate surface area is 198 Å². The second kappa shape index (κ2) is 8.85. The Morgan fingerprint density at radius 2 is 2.06 bits per heavy atom. The highest BCUT2D eigenvalue weighted by Gasteiger charge is 2.32. The number of nitrogens with one attached hydrogen (secondary N) is 1. The van der Waals surface area contributed by atoms with Gasteiger partial charge in [-0.15, -0.1) is 0 Å². The number of hydrogen-bond donors (Lipinski definition) is 2. The van der Waals surface area contributed by atoms with Gasteiger partial charge >= 0.3 is 0 Å². The van der Waals surface area contributed by atoms with E-state index < -0.39 is 0 Å². The van der Waals surface area contributed by atoms with Gasteiger partial charge in [0.2, 0.25) is 0 Å². The molecule has 1 saturated carbocycles. The molecule has 3 heterocycles. The van der Waals surface area contributed by atoms with E-state index in [-0.39, 0.29) is 17.8 Å². The molecular weight excluding hydrogens is 429 g/mol. The van der Waals surface area contributed by atoms with E-state index in [0.717, 1.165) is 29.9 Å². The van der Waals surface area contributed by atoms with E-state index in [2.05, 4.69) is 38.9 Å². The second-order valence-electron chi connectivity index (χ2n) is 9.16. The van der Waals surface area contributed by atoms with Crippen LogP contribution in [0.25, 0.3) is 11.5 Å². The zero-order valence-corrected chi connectivity index (χ0v) is 19.3. The number of nitrogen functional groups attached to an aromatic ring is 1. The van der Waals surface area contributed by atoms with Gasteiger partial charge < -0.3 is 11.1 Å². The van der Waals surface area contributed by atoms with Gasteiger partial charge in [0.15, 0.2) is 11.6 Å². The van der Waals surface area contributed by atoms with Gasteiger partial charge in [-0.2, -0.15) is 5.10 Å². The van der Waals surface area contributed by atoms with Crippen LogP contribution in [0.15, 0.2) is 65.9 Å². The van der Waals surface area contributed by atoms with E-state index in [9.17, 15) is 4.39 Å². The Hall–Kier alpha value is -3.81. The van der Waals surface area contributed by atoms with Crippen LogP contribution in [0.1, 0.15) is 43.9 Å². The number of allylic oxidation sites excluding steroid dienone is 2. The number of aromatic nitrogens is 4. The number of nitrogens with two attached hydrogens (primary N) is 1. The molecule has 0 unspecified atom stereocenters. The van der Waals surface area contributed by atoms with Gasteiger partial charge in [0.05, 0.1) is 36.4 Å². The monoisotopic (exact) mass is 457 g/mol. The highest BCUT2D eigenvalue weighted by molar-refractivity contribution is 6.09.